The third-order valence-electron chi connectivity index (χ3n) is 2.13. The normalized spacial score (nSPS) is 11.7. The summed E-state index contributed by atoms with van der Waals surface area (Å²) in [5.41, 5.74) is -0.453. The molecule has 0 aliphatic heterocycles. The van der Waals surface area contributed by atoms with Crippen molar-refractivity contribution in [2.24, 2.45) is 0 Å². The first kappa shape index (κ1) is 10.7. The smallest absolute Gasteiger partial charge is 0.248 e. The molecule has 0 radical (unpaired) electrons. The van der Waals surface area contributed by atoms with Crippen molar-refractivity contribution < 1.29 is 13.2 Å². The Morgan fingerprint density at radius 1 is 1.19 bits per heavy atom. The van der Waals surface area contributed by atoms with E-state index < -0.39 is 11.7 Å². The number of hydrogen-bond acceptors (Lipinski definition) is 2. The molecule has 0 fully saturated rings. The summed E-state index contributed by atoms with van der Waals surface area (Å²) in [6.45, 7) is 0.0652. The van der Waals surface area contributed by atoms with Crippen LogP contribution in [0.4, 0.5) is 13.2 Å². The lowest BCUT2D eigenvalue weighted by Crippen LogP contribution is -2.11. The molecule has 1 aromatic carbocycles. The van der Waals surface area contributed by atoms with Gasteiger partial charge in [0.1, 0.15) is 0 Å². The topological polar surface area (TPSA) is 30.7 Å². The SMILES string of the molecule is FC(F)(F)c1ccccc1Cn1ccnn1. The number of halogens is 3. The van der Waals surface area contributed by atoms with Crippen LogP contribution in [0.25, 0.3) is 0 Å². The van der Waals surface area contributed by atoms with Gasteiger partial charge in [-0.2, -0.15) is 13.2 Å². The predicted molar refractivity (Wildman–Crippen MR) is 50.6 cm³/mol. The molecule has 0 bridgehead atoms. The van der Waals surface area contributed by atoms with Crippen LogP contribution in [0.15, 0.2) is 36.7 Å². The summed E-state index contributed by atoms with van der Waals surface area (Å²) in [4.78, 5) is 0. The number of aromatic nitrogens is 3. The summed E-state index contributed by atoms with van der Waals surface area (Å²) >= 11 is 0. The van der Waals surface area contributed by atoms with E-state index in [4.69, 9.17) is 0 Å². The van der Waals surface area contributed by atoms with E-state index in [0.29, 0.717) is 0 Å². The fraction of sp³-hybridized carbons (Fsp3) is 0.200. The van der Waals surface area contributed by atoms with Crippen LogP contribution in [-0.4, -0.2) is 15.0 Å². The maximum absolute atomic E-state index is 12.6. The lowest BCUT2D eigenvalue weighted by atomic mass is 10.1. The quantitative estimate of drug-likeness (QED) is 0.788. The van der Waals surface area contributed by atoms with Gasteiger partial charge in [0.25, 0.3) is 0 Å². The first-order chi connectivity index (χ1) is 7.57. The highest BCUT2D eigenvalue weighted by atomic mass is 19.4. The molecular weight excluding hydrogens is 219 g/mol. The van der Waals surface area contributed by atoms with Gasteiger partial charge in [-0.1, -0.05) is 23.4 Å². The minimum absolute atomic E-state index is 0.0652. The predicted octanol–water partition coefficient (Wildman–Crippen LogP) is 2.35. The van der Waals surface area contributed by atoms with E-state index in [0.717, 1.165) is 6.07 Å². The number of hydrogen-bond donors (Lipinski definition) is 0. The second-order valence-electron chi connectivity index (χ2n) is 3.26. The summed E-state index contributed by atoms with van der Waals surface area (Å²) in [6.07, 6.45) is -1.39. The highest BCUT2D eigenvalue weighted by Crippen LogP contribution is 2.31. The Bertz CT molecular complexity index is 462. The van der Waals surface area contributed by atoms with Gasteiger partial charge >= 0.3 is 6.18 Å². The molecule has 84 valence electrons. The number of rotatable bonds is 2. The molecule has 16 heavy (non-hydrogen) atoms. The van der Waals surface area contributed by atoms with Gasteiger partial charge in [-0.05, 0) is 11.6 Å². The van der Waals surface area contributed by atoms with Crippen molar-refractivity contribution in [3.05, 3.63) is 47.8 Å². The van der Waals surface area contributed by atoms with Crippen LogP contribution >= 0.6 is 0 Å². The first-order valence-electron chi connectivity index (χ1n) is 4.56. The van der Waals surface area contributed by atoms with Crippen LogP contribution in [-0.2, 0) is 12.7 Å². The molecule has 1 aromatic heterocycles. The van der Waals surface area contributed by atoms with Crippen LogP contribution in [0, 0.1) is 0 Å². The van der Waals surface area contributed by atoms with E-state index in [2.05, 4.69) is 10.3 Å². The van der Waals surface area contributed by atoms with Crippen LogP contribution in [0.3, 0.4) is 0 Å². The Morgan fingerprint density at radius 3 is 2.56 bits per heavy atom. The van der Waals surface area contributed by atoms with Crippen molar-refractivity contribution in [1.82, 2.24) is 15.0 Å². The zero-order valence-electron chi connectivity index (χ0n) is 8.15. The van der Waals surface area contributed by atoms with Crippen molar-refractivity contribution in [2.45, 2.75) is 12.7 Å². The monoisotopic (exact) mass is 227 g/mol. The summed E-state index contributed by atoms with van der Waals surface area (Å²) < 4.78 is 39.2. The van der Waals surface area contributed by atoms with Crippen molar-refractivity contribution in [2.75, 3.05) is 0 Å². The molecular formula is C10H8F3N3. The molecule has 3 nitrogen and oxygen atoms in total. The second-order valence-corrected chi connectivity index (χ2v) is 3.26. The van der Waals surface area contributed by atoms with E-state index in [1.807, 2.05) is 0 Å². The van der Waals surface area contributed by atoms with E-state index in [9.17, 15) is 13.2 Å². The molecule has 1 heterocycles. The largest absolute Gasteiger partial charge is 0.416 e. The number of benzene rings is 1. The van der Waals surface area contributed by atoms with Gasteiger partial charge in [0.2, 0.25) is 0 Å². The van der Waals surface area contributed by atoms with Crippen molar-refractivity contribution >= 4 is 0 Å². The average Bonchev–Trinajstić information content (AvgIpc) is 2.70. The highest BCUT2D eigenvalue weighted by molar-refractivity contribution is 5.29. The standard InChI is InChI=1S/C10H8F3N3/c11-10(12,13)9-4-2-1-3-8(9)7-16-6-5-14-15-16/h1-6H,7H2. The van der Waals surface area contributed by atoms with Crippen LogP contribution in [0.1, 0.15) is 11.1 Å². The first-order valence-corrected chi connectivity index (χ1v) is 4.56. The van der Waals surface area contributed by atoms with Crippen molar-refractivity contribution in [3.63, 3.8) is 0 Å². The summed E-state index contributed by atoms with van der Waals surface area (Å²) in [7, 11) is 0. The molecule has 2 aromatic rings. The van der Waals surface area contributed by atoms with Gasteiger partial charge in [-0.15, -0.1) is 5.10 Å². The molecule has 6 heteroatoms. The Hall–Kier alpha value is -1.85. The van der Waals surface area contributed by atoms with Crippen molar-refractivity contribution in [1.29, 1.82) is 0 Å². The molecule has 0 saturated carbocycles. The molecule has 0 aliphatic rings. The zero-order chi connectivity index (χ0) is 11.6. The van der Waals surface area contributed by atoms with E-state index >= 15 is 0 Å². The summed E-state index contributed by atoms with van der Waals surface area (Å²) in [6, 6.07) is 5.44. The average molecular weight is 227 g/mol. The van der Waals surface area contributed by atoms with Crippen molar-refractivity contribution in [3.8, 4) is 0 Å². The Balaban J connectivity index is 2.34. The molecule has 0 unspecified atom stereocenters. The fourth-order valence-corrected chi connectivity index (χ4v) is 1.43. The van der Waals surface area contributed by atoms with Gasteiger partial charge in [-0.25, -0.2) is 4.68 Å². The lowest BCUT2D eigenvalue weighted by Gasteiger charge is -2.11. The molecule has 0 N–H and O–H groups in total. The van der Waals surface area contributed by atoms with E-state index in [1.54, 1.807) is 6.07 Å². The van der Waals surface area contributed by atoms with Crippen LogP contribution in [0.5, 0.6) is 0 Å². The fourth-order valence-electron chi connectivity index (χ4n) is 1.43. The second kappa shape index (κ2) is 3.96. The van der Waals surface area contributed by atoms with Gasteiger partial charge in [0.15, 0.2) is 0 Å². The maximum atomic E-state index is 12.6. The molecule has 0 atom stereocenters. The zero-order valence-corrected chi connectivity index (χ0v) is 8.15. The van der Waals surface area contributed by atoms with E-state index in [1.165, 1.54) is 29.2 Å². The minimum Gasteiger partial charge on any atom is -0.248 e. The third-order valence-corrected chi connectivity index (χ3v) is 2.13. The van der Waals surface area contributed by atoms with E-state index in [-0.39, 0.29) is 12.1 Å². The van der Waals surface area contributed by atoms with Gasteiger partial charge < -0.3 is 0 Å². The third kappa shape index (κ3) is 2.21. The number of alkyl halides is 3. The van der Waals surface area contributed by atoms with Gasteiger partial charge in [0, 0.05) is 6.20 Å². The number of nitrogens with zero attached hydrogens (tertiary/aromatic N) is 3. The van der Waals surface area contributed by atoms with Crippen LogP contribution < -0.4 is 0 Å². The summed E-state index contributed by atoms with van der Waals surface area (Å²) in [5.74, 6) is 0. The lowest BCUT2D eigenvalue weighted by molar-refractivity contribution is -0.138. The van der Waals surface area contributed by atoms with Crippen LogP contribution in [0.2, 0.25) is 0 Å². The summed E-state index contributed by atoms with van der Waals surface area (Å²) in [5, 5.41) is 7.18. The molecule has 0 amide bonds. The maximum Gasteiger partial charge on any atom is 0.416 e. The molecule has 0 spiro atoms. The molecule has 2 rings (SSSR count). The van der Waals surface area contributed by atoms with Gasteiger partial charge in [-0.3, -0.25) is 0 Å². The molecule has 0 saturated heterocycles. The highest BCUT2D eigenvalue weighted by Gasteiger charge is 2.32. The molecule has 0 aliphatic carbocycles. The Labute approximate surface area is 89.5 Å². The Kier molecular flexibility index (Phi) is 2.64. The minimum atomic E-state index is -4.34. The van der Waals surface area contributed by atoms with Gasteiger partial charge in [0.05, 0.1) is 18.3 Å². The Morgan fingerprint density at radius 2 is 1.94 bits per heavy atom.